The lowest BCUT2D eigenvalue weighted by Crippen LogP contribution is -2.23. The summed E-state index contributed by atoms with van der Waals surface area (Å²) in [6.07, 6.45) is 1.74. The third-order valence-corrected chi connectivity index (χ3v) is 0.830. The highest BCUT2D eigenvalue weighted by molar-refractivity contribution is 4.70. The Morgan fingerprint density at radius 3 is 2.56 bits per heavy atom. The maximum Gasteiger partial charge on any atom is 0.303 e. The fourth-order valence-electron chi connectivity index (χ4n) is 0.341. The number of allylic oxidation sites excluding steroid dienone is 1. The second-order valence-corrected chi connectivity index (χ2v) is 1.69. The van der Waals surface area contributed by atoms with Crippen LogP contribution in [-0.4, -0.2) is 16.1 Å². The van der Waals surface area contributed by atoms with Gasteiger partial charge in [-0.25, -0.2) is 0 Å². The standard InChI is InChI=1S/C5H9NO3/c1-2-3-4-5(7,8)6-9/h2,7-8H,1,3-4H2. The Labute approximate surface area is 52.8 Å². The van der Waals surface area contributed by atoms with Gasteiger partial charge in [0.25, 0.3) is 0 Å². The lowest BCUT2D eigenvalue weighted by molar-refractivity contribution is -0.157. The zero-order chi connectivity index (χ0) is 7.33. The van der Waals surface area contributed by atoms with Crippen LogP contribution in [0.25, 0.3) is 0 Å². The molecule has 0 aromatic carbocycles. The Morgan fingerprint density at radius 2 is 2.22 bits per heavy atom. The van der Waals surface area contributed by atoms with Crippen molar-refractivity contribution < 1.29 is 10.2 Å². The summed E-state index contributed by atoms with van der Waals surface area (Å²) in [5, 5.41) is 19.0. The largest absolute Gasteiger partial charge is 0.345 e. The maximum absolute atomic E-state index is 9.55. The zero-order valence-electron chi connectivity index (χ0n) is 4.95. The van der Waals surface area contributed by atoms with Crippen LogP contribution < -0.4 is 0 Å². The van der Waals surface area contributed by atoms with Gasteiger partial charge in [-0.05, 0) is 11.6 Å². The summed E-state index contributed by atoms with van der Waals surface area (Å²) < 4.78 is 0. The summed E-state index contributed by atoms with van der Waals surface area (Å²) in [6, 6.07) is 0. The number of nitrogens with zero attached hydrogens (tertiary/aromatic N) is 1. The highest BCUT2D eigenvalue weighted by atomic mass is 16.5. The first kappa shape index (κ1) is 8.26. The molecule has 0 aliphatic carbocycles. The van der Waals surface area contributed by atoms with Crippen LogP contribution in [0.5, 0.6) is 0 Å². The molecule has 52 valence electrons. The molecule has 0 aromatic rings. The van der Waals surface area contributed by atoms with Crippen LogP contribution >= 0.6 is 0 Å². The highest BCUT2D eigenvalue weighted by Gasteiger charge is 2.21. The van der Waals surface area contributed by atoms with Gasteiger partial charge in [-0.3, -0.25) is 0 Å². The van der Waals surface area contributed by atoms with Gasteiger partial charge >= 0.3 is 5.91 Å². The van der Waals surface area contributed by atoms with E-state index >= 15 is 0 Å². The molecule has 0 aromatic heterocycles. The quantitative estimate of drug-likeness (QED) is 0.328. The predicted molar refractivity (Wildman–Crippen MR) is 32.4 cm³/mol. The molecule has 0 aliphatic heterocycles. The molecule has 0 unspecified atom stereocenters. The van der Waals surface area contributed by atoms with Crippen LogP contribution in [-0.2, 0) is 0 Å². The molecule has 0 rings (SSSR count). The normalized spacial score (nSPS) is 10.9. The molecule has 0 saturated carbocycles. The number of nitroso groups, excluding NO2 is 1. The molecule has 0 radical (unpaired) electrons. The molecule has 0 bridgehead atoms. The molecule has 0 spiro atoms. The van der Waals surface area contributed by atoms with Crippen molar-refractivity contribution in [1.82, 2.24) is 0 Å². The summed E-state index contributed by atoms with van der Waals surface area (Å²) in [6.45, 7) is 3.33. The second kappa shape index (κ2) is 3.32. The molecular formula is C5H9NO3. The Kier molecular flexibility index (Phi) is 3.05. The number of rotatable bonds is 4. The van der Waals surface area contributed by atoms with Crippen molar-refractivity contribution >= 4 is 0 Å². The van der Waals surface area contributed by atoms with Gasteiger partial charge in [0.1, 0.15) is 0 Å². The van der Waals surface area contributed by atoms with Crippen LogP contribution in [0.4, 0.5) is 0 Å². The molecular weight excluding hydrogens is 122 g/mol. The van der Waals surface area contributed by atoms with Gasteiger partial charge in [0, 0.05) is 6.42 Å². The fraction of sp³-hybridized carbons (Fsp3) is 0.600. The van der Waals surface area contributed by atoms with E-state index in [0.717, 1.165) is 0 Å². The van der Waals surface area contributed by atoms with E-state index in [1.807, 2.05) is 0 Å². The van der Waals surface area contributed by atoms with E-state index in [0.29, 0.717) is 6.42 Å². The first-order chi connectivity index (χ1) is 4.12. The first-order valence-electron chi connectivity index (χ1n) is 2.52. The monoisotopic (exact) mass is 131 g/mol. The van der Waals surface area contributed by atoms with Crippen LogP contribution in [0.3, 0.4) is 0 Å². The SMILES string of the molecule is C=CCCC(O)(O)N=O. The Balaban J connectivity index is 3.57. The first-order valence-corrected chi connectivity index (χ1v) is 2.52. The average Bonchev–Trinajstić information content (AvgIpc) is 1.84. The minimum Gasteiger partial charge on any atom is -0.345 e. The van der Waals surface area contributed by atoms with Crippen LogP contribution in [0.15, 0.2) is 17.8 Å². The molecule has 0 fully saturated rings. The molecule has 0 atom stereocenters. The van der Waals surface area contributed by atoms with Crippen molar-refractivity contribution in [2.45, 2.75) is 18.8 Å². The van der Waals surface area contributed by atoms with E-state index in [9.17, 15) is 4.91 Å². The van der Waals surface area contributed by atoms with Crippen molar-refractivity contribution in [3.8, 4) is 0 Å². The summed E-state index contributed by atoms with van der Waals surface area (Å²) in [5.74, 6) is -2.41. The summed E-state index contributed by atoms with van der Waals surface area (Å²) in [4.78, 5) is 9.55. The molecule has 9 heavy (non-hydrogen) atoms. The van der Waals surface area contributed by atoms with E-state index in [-0.39, 0.29) is 6.42 Å². The molecule has 0 saturated heterocycles. The van der Waals surface area contributed by atoms with E-state index in [1.165, 1.54) is 6.08 Å². The third-order valence-electron chi connectivity index (χ3n) is 0.830. The van der Waals surface area contributed by atoms with Crippen molar-refractivity contribution in [2.75, 3.05) is 0 Å². The molecule has 4 nitrogen and oxygen atoms in total. The highest BCUT2D eigenvalue weighted by Crippen LogP contribution is 2.09. The van der Waals surface area contributed by atoms with Crippen LogP contribution in [0, 0.1) is 4.91 Å². The third kappa shape index (κ3) is 3.81. The summed E-state index contributed by atoms with van der Waals surface area (Å²) in [7, 11) is 0. The fourth-order valence-corrected chi connectivity index (χ4v) is 0.341. The van der Waals surface area contributed by atoms with Gasteiger partial charge in [0.05, 0.1) is 0 Å². The van der Waals surface area contributed by atoms with Crippen LogP contribution in [0.2, 0.25) is 0 Å². The number of aliphatic hydroxyl groups is 2. The zero-order valence-corrected chi connectivity index (χ0v) is 4.95. The van der Waals surface area contributed by atoms with Crippen LogP contribution in [0.1, 0.15) is 12.8 Å². The lowest BCUT2D eigenvalue weighted by Gasteiger charge is -2.08. The lowest BCUT2D eigenvalue weighted by atomic mass is 10.2. The summed E-state index contributed by atoms with van der Waals surface area (Å²) in [5.41, 5.74) is 0. The van der Waals surface area contributed by atoms with E-state index in [2.05, 4.69) is 11.8 Å². The van der Waals surface area contributed by atoms with Gasteiger partial charge < -0.3 is 10.2 Å². The van der Waals surface area contributed by atoms with Crippen molar-refractivity contribution in [1.29, 1.82) is 0 Å². The smallest absolute Gasteiger partial charge is 0.303 e. The average molecular weight is 131 g/mol. The van der Waals surface area contributed by atoms with Gasteiger partial charge in [-0.1, -0.05) is 6.08 Å². The van der Waals surface area contributed by atoms with Crippen molar-refractivity contribution in [3.05, 3.63) is 17.6 Å². The predicted octanol–water partition coefficient (Wildman–Crippen LogP) is 0.357. The van der Waals surface area contributed by atoms with Crippen molar-refractivity contribution in [3.63, 3.8) is 0 Å². The Bertz CT molecular complexity index is 111. The second-order valence-electron chi connectivity index (χ2n) is 1.69. The Hall–Kier alpha value is -0.740. The maximum atomic E-state index is 9.55. The summed E-state index contributed by atoms with van der Waals surface area (Å²) >= 11 is 0. The molecule has 0 heterocycles. The molecule has 0 aliphatic rings. The van der Waals surface area contributed by atoms with E-state index in [4.69, 9.17) is 10.2 Å². The van der Waals surface area contributed by atoms with Gasteiger partial charge in [0.15, 0.2) is 0 Å². The molecule has 0 amide bonds. The minimum absolute atomic E-state index is 0.0972. The Morgan fingerprint density at radius 1 is 1.67 bits per heavy atom. The van der Waals surface area contributed by atoms with Gasteiger partial charge in [0.2, 0.25) is 0 Å². The number of hydrogen-bond donors (Lipinski definition) is 2. The molecule has 2 N–H and O–H groups in total. The van der Waals surface area contributed by atoms with E-state index < -0.39 is 5.91 Å². The minimum atomic E-state index is -2.41. The van der Waals surface area contributed by atoms with E-state index in [1.54, 1.807) is 0 Å². The number of hydrogen-bond acceptors (Lipinski definition) is 4. The van der Waals surface area contributed by atoms with Gasteiger partial charge in [-0.2, -0.15) is 0 Å². The topological polar surface area (TPSA) is 69.9 Å². The van der Waals surface area contributed by atoms with Crippen molar-refractivity contribution in [2.24, 2.45) is 5.18 Å². The molecule has 4 heteroatoms. The van der Waals surface area contributed by atoms with Gasteiger partial charge in [-0.15, -0.1) is 11.5 Å².